The molecule has 0 atom stereocenters. The van der Waals surface area contributed by atoms with Crippen LogP contribution in [0.2, 0.25) is 5.02 Å². The summed E-state index contributed by atoms with van der Waals surface area (Å²) in [7, 11) is 0. The third-order valence-electron chi connectivity index (χ3n) is 3.74. The van der Waals surface area contributed by atoms with Gasteiger partial charge in [-0.25, -0.2) is 0 Å². The molecule has 0 spiro atoms. The molecule has 0 N–H and O–H groups in total. The lowest BCUT2D eigenvalue weighted by molar-refractivity contribution is -0.122. The van der Waals surface area contributed by atoms with E-state index in [4.69, 9.17) is 16.3 Å². The molecule has 0 bridgehead atoms. The number of halogens is 1. The Balaban J connectivity index is 1.82. The fraction of sp³-hybridized carbons (Fsp3) is 0.158. The standard InChI is InChI=1S/C19H16ClNO3S/c1-2-21-18(22)17(25-19(21)23)11-13-7-4-6-10-16(13)24-12-14-8-3-5-9-15(14)20/h3-11H,2,12H2,1H3/b17-11-. The fourth-order valence-electron chi connectivity index (χ4n) is 2.42. The molecule has 128 valence electrons. The summed E-state index contributed by atoms with van der Waals surface area (Å²) in [5, 5.41) is 0.400. The summed E-state index contributed by atoms with van der Waals surface area (Å²) in [4.78, 5) is 25.7. The van der Waals surface area contributed by atoms with Gasteiger partial charge < -0.3 is 4.74 Å². The number of para-hydroxylation sites is 1. The van der Waals surface area contributed by atoms with Crippen molar-refractivity contribution in [1.82, 2.24) is 4.90 Å². The summed E-state index contributed by atoms with van der Waals surface area (Å²) in [6.45, 7) is 2.47. The van der Waals surface area contributed by atoms with Crippen molar-refractivity contribution in [3.8, 4) is 5.75 Å². The number of ether oxygens (including phenoxy) is 1. The molecule has 2 amide bonds. The van der Waals surface area contributed by atoms with Gasteiger partial charge in [-0.3, -0.25) is 14.5 Å². The maximum Gasteiger partial charge on any atom is 0.293 e. The van der Waals surface area contributed by atoms with Crippen molar-refractivity contribution in [2.45, 2.75) is 13.5 Å². The normalized spacial score (nSPS) is 15.9. The first-order valence-corrected chi connectivity index (χ1v) is 9.00. The number of thioether (sulfide) groups is 1. The highest BCUT2D eigenvalue weighted by Crippen LogP contribution is 2.34. The average molecular weight is 374 g/mol. The van der Waals surface area contributed by atoms with E-state index in [1.54, 1.807) is 13.0 Å². The van der Waals surface area contributed by atoms with E-state index < -0.39 is 0 Å². The van der Waals surface area contributed by atoms with Gasteiger partial charge in [0.25, 0.3) is 11.1 Å². The van der Waals surface area contributed by atoms with Crippen molar-refractivity contribution in [3.05, 3.63) is 69.6 Å². The molecule has 0 radical (unpaired) electrons. The number of amides is 2. The van der Waals surface area contributed by atoms with E-state index in [0.717, 1.165) is 22.9 Å². The zero-order chi connectivity index (χ0) is 17.8. The maximum absolute atomic E-state index is 12.2. The van der Waals surface area contributed by atoms with Crippen LogP contribution >= 0.6 is 23.4 Å². The van der Waals surface area contributed by atoms with Crippen LogP contribution in [0.4, 0.5) is 4.79 Å². The largest absolute Gasteiger partial charge is 0.488 e. The van der Waals surface area contributed by atoms with Crippen LogP contribution in [-0.4, -0.2) is 22.6 Å². The first kappa shape index (κ1) is 17.6. The smallest absolute Gasteiger partial charge is 0.293 e. The number of hydrogen-bond acceptors (Lipinski definition) is 4. The quantitative estimate of drug-likeness (QED) is 0.694. The molecule has 4 nitrogen and oxygen atoms in total. The van der Waals surface area contributed by atoms with Gasteiger partial charge in [-0.15, -0.1) is 0 Å². The number of carbonyl (C=O) groups excluding carboxylic acids is 2. The second kappa shape index (κ2) is 7.76. The third kappa shape index (κ3) is 3.89. The van der Waals surface area contributed by atoms with Gasteiger partial charge in [0.2, 0.25) is 0 Å². The molecule has 25 heavy (non-hydrogen) atoms. The molecule has 1 heterocycles. The Kier molecular flexibility index (Phi) is 5.46. The van der Waals surface area contributed by atoms with Gasteiger partial charge in [0.1, 0.15) is 12.4 Å². The number of benzene rings is 2. The van der Waals surface area contributed by atoms with Crippen LogP contribution in [0.5, 0.6) is 5.75 Å². The van der Waals surface area contributed by atoms with Crippen molar-refractivity contribution >= 4 is 40.6 Å². The molecule has 0 unspecified atom stereocenters. The van der Waals surface area contributed by atoms with Gasteiger partial charge in [-0.1, -0.05) is 48.0 Å². The number of carbonyl (C=O) groups is 2. The Morgan fingerprint density at radius 1 is 1.12 bits per heavy atom. The minimum absolute atomic E-state index is 0.242. The van der Waals surface area contributed by atoms with E-state index in [0.29, 0.717) is 28.8 Å². The molecule has 0 saturated carbocycles. The summed E-state index contributed by atoms with van der Waals surface area (Å²) >= 11 is 7.10. The van der Waals surface area contributed by atoms with Crippen molar-refractivity contribution in [3.63, 3.8) is 0 Å². The van der Waals surface area contributed by atoms with Crippen molar-refractivity contribution in [1.29, 1.82) is 0 Å². The monoisotopic (exact) mass is 373 g/mol. The molecular weight excluding hydrogens is 358 g/mol. The highest BCUT2D eigenvalue weighted by atomic mass is 35.5. The number of nitrogens with zero attached hydrogens (tertiary/aromatic N) is 1. The predicted octanol–water partition coefficient (Wildman–Crippen LogP) is 4.98. The zero-order valence-electron chi connectivity index (χ0n) is 13.6. The Labute approximate surface area is 155 Å². The Morgan fingerprint density at radius 2 is 1.84 bits per heavy atom. The molecule has 1 aliphatic rings. The van der Waals surface area contributed by atoms with Gasteiger partial charge in [0.05, 0.1) is 4.91 Å². The summed E-state index contributed by atoms with van der Waals surface area (Å²) in [6, 6.07) is 14.9. The van der Waals surface area contributed by atoms with Gasteiger partial charge in [-0.2, -0.15) is 0 Å². The molecule has 2 aromatic rings. The summed E-state index contributed by atoms with van der Waals surface area (Å²) in [5.41, 5.74) is 1.63. The zero-order valence-corrected chi connectivity index (χ0v) is 15.1. The van der Waals surface area contributed by atoms with Crippen molar-refractivity contribution in [2.75, 3.05) is 6.54 Å². The maximum atomic E-state index is 12.2. The molecule has 1 aliphatic heterocycles. The molecule has 1 fully saturated rings. The van der Waals surface area contributed by atoms with Crippen LogP contribution in [0.1, 0.15) is 18.1 Å². The first-order valence-electron chi connectivity index (χ1n) is 7.80. The van der Waals surface area contributed by atoms with Crippen LogP contribution in [0.25, 0.3) is 6.08 Å². The lowest BCUT2D eigenvalue weighted by Gasteiger charge is -2.11. The van der Waals surface area contributed by atoms with Crippen LogP contribution in [-0.2, 0) is 11.4 Å². The minimum atomic E-state index is -0.265. The van der Waals surface area contributed by atoms with Crippen LogP contribution in [0, 0.1) is 0 Å². The van der Waals surface area contributed by atoms with Gasteiger partial charge in [0.15, 0.2) is 0 Å². The average Bonchev–Trinajstić information content (AvgIpc) is 2.88. The number of rotatable bonds is 5. The Morgan fingerprint density at radius 3 is 2.56 bits per heavy atom. The van der Waals surface area contributed by atoms with Gasteiger partial charge in [-0.05, 0) is 36.9 Å². The van der Waals surface area contributed by atoms with Crippen molar-refractivity contribution in [2.24, 2.45) is 0 Å². The fourth-order valence-corrected chi connectivity index (χ4v) is 3.50. The van der Waals surface area contributed by atoms with Gasteiger partial charge in [0, 0.05) is 22.7 Å². The van der Waals surface area contributed by atoms with Gasteiger partial charge >= 0.3 is 0 Å². The highest BCUT2D eigenvalue weighted by Gasteiger charge is 2.33. The SMILES string of the molecule is CCN1C(=O)S/C(=C\c2ccccc2OCc2ccccc2Cl)C1=O. The van der Waals surface area contributed by atoms with Crippen molar-refractivity contribution < 1.29 is 14.3 Å². The summed E-state index contributed by atoms with van der Waals surface area (Å²) < 4.78 is 5.88. The number of imide groups is 1. The van der Waals surface area contributed by atoms with Crippen LogP contribution in [0.3, 0.4) is 0 Å². The molecule has 0 aliphatic carbocycles. The summed E-state index contributed by atoms with van der Waals surface area (Å²) in [6.07, 6.45) is 1.70. The van der Waals surface area contributed by atoms with E-state index in [-0.39, 0.29) is 11.1 Å². The van der Waals surface area contributed by atoms with Crippen LogP contribution < -0.4 is 4.74 Å². The second-order valence-corrected chi connectivity index (χ2v) is 6.74. The lowest BCUT2D eigenvalue weighted by atomic mass is 10.1. The second-order valence-electron chi connectivity index (χ2n) is 5.34. The molecule has 2 aromatic carbocycles. The minimum Gasteiger partial charge on any atom is -0.488 e. The Bertz CT molecular complexity index is 850. The van der Waals surface area contributed by atoms with E-state index in [9.17, 15) is 9.59 Å². The first-order chi connectivity index (χ1) is 12.1. The molecular formula is C19H16ClNO3S. The topological polar surface area (TPSA) is 46.6 Å². The third-order valence-corrected chi connectivity index (χ3v) is 5.01. The molecule has 1 saturated heterocycles. The van der Waals surface area contributed by atoms with E-state index in [2.05, 4.69) is 0 Å². The Hall–Kier alpha value is -2.24. The number of likely N-dealkylation sites (N-methyl/N-ethyl adjacent to an activating group) is 1. The molecule has 0 aromatic heterocycles. The summed E-state index contributed by atoms with van der Waals surface area (Å²) in [5.74, 6) is 0.365. The highest BCUT2D eigenvalue weighted by molar-refractivity contribution is 8.18. The van der Waals surface area contributed by atoms with E-state index >= 15 is 0 Å². The van der Waals surface area contributed by atoms with E-state index in [1.165, 1.54) is 4.90 Å². The predicted molar refractivity (Wildman–Crippen MR) is 101 cm³/mol. The van der Waals surface area contributed by atoms with Crippen LogP contribution in [0.15, 0.2) is 53.4 Å². The molecule has 3 rings (SSSR count). The van der Waals surface area contributed by atoms with E-state index in [1.807, 2.05) is 48.5 Å². The molecule has 6 heteroatoms. The lowest BCUT2D eigenvalue weighted by Crippen LogP contribution is -2.27. The number of hydrogen-bond donors (Lipinski definition) is 0.